The Bertz CT molecular complexity index is 812. The normalized spacial score (nSPS) is 19.3. The van der Waals surface area contributed by atoms with Crippen molar-refractivity contribution >= 4 is 21.6 Å². The van der Waals surface area contributed by atoms with E-state index in [1.165, 1.54) is 28.6 Å². The van der Waals surface area contributed by atoms with Gasteiger partial charge in [0.05, 0.1) is 11.8 Å². The molecule has 0 saturated carbocycles. The molecule has 1 atom stereocenters. The second-order valence-corrected chi connectivity index (χ2v) is 8.13. The van der Waals surface area contributed by atoms with Crippen molar-refractivity contribution in [2.45, 2.75) is 11.8 Å². The molecule has 0 aliphatic carbocycles. The Morgan fingerprint density at radius 1 is 1.21 bits per heavy atom. The van der Waals surface area contributed by atoms with E-state index in [0.717, 1.165) is 5.56 Å². The van der Waals surface area contributed by atoms with Gasteiger partial charge in [0, 0.05) is 24.7 Å². The average Bonchev–Trinajstić information content (AvgIpc) is 2.57. The third-order valence-electron chi connectivity index (χ3n) is 4.05. The summed E-state index contributed by atoms with van der Waals surface area (Å²) in [5.41, 5.74) is 1.43. The number of nitrogens with one attached hydrogen (secondary N) is 1. The van der Waals surface area contributed by atoms with Gasteiger partial charge in [-0.25, -0.2) is 12.8 Å². The molecule has 1 N–H and O–H groups in total. The van der Waals surface area contributed by atoms with E-state index >= 15 is 0 Å². The van der Waals surface area contributed by atoms with Gasteiger partial charge in [-0.05, 0) is 35.4 Å². The molecule has 24 heavy (non-hydrogen) atoms. The topological polar surface area (TPSA) is 49.4 Å². The lowest BCUT2D eigenvalue weighted by atomic mass is 10.1. The van der Waals surface area contributed by atoms with Crippen LogP contribution in [0.2, 0.25) is 5.02 Å². The van der Waals surface area contributed by atoms with Gasteiger partial charge in [-0.2, -0.15) is 4.31 Å². The fourth-order valence-corrected chi connectivity index (χ4v) is 4.82. The number of rotatable bonds is 4. The maximum absolute atomic E-state index is 13.0. The molecular formula is C17H18ClFN2O2S. The van der Waals surface area contributed by atoms with Gasteiger partial charge in [0.1, 0.15) is 5.82 Å². The number of nitrogens with zero attached hydrogens (tertiary/aromatic N) is 1. The van der Waals surface area contributed by atoms with Crippen molar-refractivity contribution in [3.05, 3.63) is 70.5 Å². The van der Waals surface area contributed by atoms with E-state index in [4.69, 9.17) is 11.6 Å². The summed E-state index contributed by atoms with van der Waals surface area (Å²) < 4.78 is 40.3. The van der Waals surface area contributed by atoms with Gasteiger partial charge in [0.2, 0.25) is 10.0 Å². The van der Waals surface area contributed by atoms with Crippen LogP contribution in [0, 0.1) is 5.82 Å². The van der Waals surface area contributed by atoms with Gasteiger partial charge in [0.15, 0.2) is 0 Å². The van der Waals surface area contributed by atoms with Crippen LogP contribution in [-0.4, -0.2) is 32.4 Å². The lowest BCUT2D eigenvalue weighted by Gasteiger charge is -2.35. The summed E-state index contributed by atoms with van der Waals surface area (Å²) >= 11 is 6.05. The second-order valence-electron chi connectivity index (χ2n) is 5.77. The average molecular weight is 369 g/mol. The smallest absolute Gasteiger partial charge is 0.218 e. The number of piperazine rings is 1. The Morgan fingerprint density at radius 2 is 1.96 bits per heavy atom. The Hall–Kier alpha value is -1.47. The highest BCUT2D eigenvalue weighted by Gasteiger charge is 2.33. The Balaban J connectivity index is 1.87. The predicted octanol–water partition coefficient (Wildman–Crippen LogP) is 2.96. The van der Waals surface area contributed by atoms with Crippen molar-refractivity contribution < 1.29 is 12.8 Å². The Kier molecular flexibility index (Phi) is 5.20. The first-order valence-corrected chi connectivity index (χ1v) is 9.64. The molecule has 1 fully saturated rings. The van der Waals surface area contributed by atoms with E-state index in [0.29, 0.717) is 30.2 Å². The van der Waals surface area contributed by atoms with Crippen molar-refractivity contribution in [3.8, 4) is 0 Å². The van der Waals surface area contributed by atoms with Crippen molar-refractivity contribution in [1.29, 1.82) is 0 Å². The highest BCUT2D eigenvalue weighted by molar-refractivity contribution is 7.88. The van der Waals surface area contributed by atoms with Crippen LogP contribution in [0.15, 0.2) is 48.5 Å². The number of benzene rings is 2. The maximum atomic E-state index is 13.0. The van der Waals surface area contributed by atoms with Crippen LogP contribution in [0.4, 0.5) is 4.39 Å². The van der Waals surface area contributed by atoms with E-state index in [1.54, 1.807) is 12.1 Å². The van der Waals surface area contributed by atoms with Crippen LogP contribution in [0.3, 0.4) is 0 Å². The van der Waals surface area contributed by atoms with Crippen LogP contribution in [0.25, 0.3) is 0 Å². The SMILES string of the molecule is O=S(=O)(Cc1ccc(F)cc1)N1CCNCC1c1cccc(Cl)c1. The van der Waals surface area contributed by atoms with Gasteiger partial charge < -0.3 is 5.32 Å². The molecule has 2 aromatic rings. The zero-order valence-corrected chi connectivity index (χ0v) is 14.5. The van der Waals surface area contributed by atoms with Crippen LogP contribution in [0.1, 0.15) is 17.2 Å². The molecule has 3 rings (SSSR count). The maximum Gasteiger partial charge on any atom is 0.218 e. The fourth-order valence-electron chi connectivity index (χ4n) is 2.89. The molecule has 4 nitrogen and oxygen atoms in total. The quantitative estimate of drug-likeness (QED) is 0.902. The number of hydrogen-bond acceptors (Lipinski definition) is 3. The molecule has 1 aliphatic rings. The molecule has 0 radical (unpaired) electrons. The molecule has 0 aromatic heterocycles. The molecule has 7 heteroatoms. The van der Waals surface area contributed by atoms with Gasteiger partial charge in [-0.15, -0.1) is 0 Å². The molecule has 0 amide bonds. The fraction of sp³-hybridized carbons (Fsp3) is 0.294. The minimum absolute atomic E-state index is 0.148. The van der Waals surface area contributed by atoms with Gasteiger partial charge in [-0.1, -0.05) is 35.9 Å². The summed E-state index contributed by atoms with van der Waals surface area (Å²) in [5, 5.41) is 3.81. The first kappa shape index (κ1) is 17.4. The highest BCUT2D eigenvalue weighted by Crippen LogP contribution is 2.28. The summed E-state index contributed by atoms with van der Waals surface area (Å²) in [7, 11) is -3.53. The summed E-state index contributed by atoms with van der Waals surface area (Å²) in [6.45, 7) is 1.52. The summed E-state index contributed by atoms with van der Waals surface area (Å²) in [6, 6.07) is 12.5. The molecule has 1 saturated heterocycles. The van der Waals surface area contributed by atoms with Gasteiger partial charge in [-0.3, -0.25) is 0 Å². The largest absolute Gasteiger partial charge is 0.313 e. The molecule has 0 spiro atoms. The van der Waals surface area contributed by atoms with E-state index in [2.05, 4.69) is 5.32 Å². The Labute approximate surface area is 146 Å². The standard InChI is InChI=1S/C17H18ClFN2O2S/c18-15-3-1-2-14(10-15)17-11-20-8-9-21(17)24(22,23)12-13-4-6-16(19)7-5-13/h1-7,10,17,20H,8-9,11-12H2. The van der Waals surface area contributed by atoms with Gasteiger partial charge >= 0.3 is 0 Å². The molecule has 2 aromatic carbocycles. The third kappa shape index (κ3) is 3.95. The lowest BCUT2D eigenvalue weighted by molar-refractivity contribution is 0.271. The first-order chi connectivity index (χ1) is 11.5. The van der Waals surface area contributed by atoms with E-state index in [9.17, 15) is 12.8 Å². The van der Waals surface area contributed by atoms with E-state index in [1.807, 2.05) is 12.1 Å². The van der Waals surface area contributed by atoms with Crippen molar-refractivity contribution in [1.82, 2.24) is 9.62 Å². The molecule has 1 heterocycles. The minimum Gasteiger partial charge on any atom is -0.313 e. The minimum atomic E-state index is -3.53. The highest BCUT2D eigenvalue weighted by atomic mass is 35.5. The monoisotopic (exact) mass is 368 g/mol. The number of sulfonamides is 1. The number of hydrogen-bond donors (Lipinski definition) is 1. The van der Waals surface area contributed by atoms with Crippen molar-refractivity contribution in [3.63, 3.8) is 0 Å². The zero-order chi connectivity index (χ0) is 17.2. The first-order valence-electron chi connectivity index (χ1n) is 7.66. The zero-order valence-electron chi connectivity index (χ0n) is 13.0. The van der Waals surface area contributed by atoms with E-state index < -0.39 is 10.0 Å². The molecule has 0 bridgehead atoms. The molecular weight excluding hydrogens is 351 g/mol. The summed E-state index contributed by atoms with van der Waals surface area (Å²) in [6.07, 6.45) is 0. The molecule has 1 unspecified atom stereocenters. The molecule has 128 valence electrons. The van der Waals surface area contributed by atoms with Crippen molar-refractivity contribution in [2.24, 2.45) is 0 Å². The summed E-state index contributed by atoms with van der Waals surface area (Å²) in [4.78, 5) is 0. The van der Waals surface area contributed by atoms with Crippen molar-refractivity contribution in [2.75, 3.05) is 19.6 Å². The summed E-state index contributed by atoms with van der Waals surface area (Å²) in [5.74, 6) is -0.528. The van der Waals surface area contributed by atoms with E-state index in [-0.39, 0.29) is 17.6 Å². The van der Waals surface area contributed by atoms with Crippen LogP contribution in [-0.2, 0) is 15.8 Å². The molecule has 1 aliphatic heterocycles. The Morgan fingerprint density at radius 3 is 2.67 bits per heavy atom. The predicted molar refractivity (Wildman–Crippen MR) is 92.8 cm³/mol. The van der Waals surface area contributed by atoms with Crippen LogP contribution < -0.4 is 5.32 Å². The lowest BCUT2D eigenvalue weighted by Crippen LogP contribution is -2.48. The number of halogens is 2. The van der Waals surface area contributed by atoms with Crippen LogP contribution >= 0.6 is 11.6 Å². The third-order valence-corrected chi connectivity index (χ3v) is 6.13. The second kappa shape index (κ2) is 7.19. The van der Waals surface area contributed by atoms with Gasteiger partial charge in [0.25, 0.3) is 0 Å². The van der Waals surface area contributed by atoms with Crippen LogP contribution in [0.5, 0.6) is 0 Å².